The van der Waals surface area contributed by atoms with Gasteiger partial charge in [0, 0.05) is 10.9 Å². The van der Waals surface area contributed by atoms with Gasteiger partial charge >= 0.3 is 6.18 Å². The molecule has 10 heteroatoms. The van der Waals surface area contributed by atoms with Crippen LogP contribution in [0.3, 0.4) is 0 Å². The van der Waals surface area contributed by atoms with Gasteiger partial charge < -0.3 is 0 Å². The molecule has 0 aliphatic rings. The largest absolute Gasteiger partial charge is 0.416 e. The monoisotopic (exact) mass is 439 g/mol. The normalized spacial score (nSPS) is 11.2. The first kappa shape index (κ1) is 20.8. The molecule has 0 fully saturated rings. The second-order valence-electron chi connectivity index (χ2n) is 5.88. The van der Waals surface area contributed by atoms with Crippen LogP contribution >= 0.6 is 22.9 Å². The predicted molar refractivity (Wildman–Crippen MR) is 103 cm³/mol. The molecule has 0 saturated carbocycles. The zero-order valence-corrected chi connectivity index (χ0v) is 16.2. The lowest BCUT2D eigenvalue weighted by Gasteiger charge is -2.07. The van der Waals surface area contributed by atoms with E-state index in [-0.39, 0.29) is 17.0 Å². The van der Waals surface area contributed by atoms with Gasteiger partial charge in [0.15, 0.2) is 0 Å². The van der Waals surface area contributed by atoms with Crippen LogP contribution in [0.5, 0.6) is 0 Å². The Morgan fingerprint density at radius 1 is 1.03 bits per heavy atom. The Morgan fingerprint density at radius 2 is 1.72 bits per heavy atom. The van der Waals surface area contributed by atoms with Crippen LogP contribution in [-0.4, -0.2) is 16.8 Å². The summed E-state index contributed by atoms with van der Waals surface area (Å²) in [6.07, 6.45) is -4.51. The van der Waals surface area contributed by atoms with E-state index in [1.54, 1.807) is 23.6 Å². The molecule has 0 aliphatic carbocycles. The maximum Gasteiger partial charge on any atom is 0.416 e. The van der Waals surface area contributed by atoms with Gasteiger partial charge in [-0.15, -0.1) is 11.3 Å². The van der Waals surface area contributed by atoms with Crippen molar-refractivity contribution in [3.63, 3.8) is 0 Å². The van der Waals surface area contributed by atoms with Crippen molar-refractivity contribution in [2.24, 2.45) is 0 Å². The number of carbonyl (C=O) groups excluding carboxylic acids is 2. The molecule has 5 nitrogen and oxygen atoms in total. The lowest BCUT2D eigenvalue weighted by molar-refractivity contribution is -0.137. The number of alkyl halides is 3. The number of hydrogen-bond acceptors (Lipinski definition) is 4. The van der Waals surface area contributed by atoms with Gasteiger partial charge in [0.1, 0.15) is 5.01 Å². The summed E-state index contributed by atoms with van der Waals surface area (Å²) in [5.74, 6) is -1.07. The van der Waals surface area contributed by atoms with Crippen molar-refractivity contribution in [1.82, 2.24) is 15.8 Å². The average Bonchev–Trinajstić information content (AvgIpc) is 3.14. The summed E-state index contributed by atoms with van der Waals surface area (Å²) in [5, 5.41) is 2.37. The number of amides is 2. The minimum absolute atomic E-state index is 0.111. The molecule has 2 aromatic carbocycles. The number of aromatic nitrogens is 1. The maximum atomic E-state index is 12.6. The standard InChI is InChI=1S/C19H13ClF3N3O2S/c20-15-4-2-1-3-14(15)17(28)26-25-16(27)9-13-10-29-18(24-13)11-5-7-12(8-6-11)19(21,22)23/h1-8,10H,9H2,(H,25,27)(H,26,28). The summed E-state index contributed by atoms with van der Waals surface area (Å²) in [7, 11) is 0. The van der Waals surface area contributed by atoms with E-state index in [0.717, 1.165) is 12.1 Å². The van der Waals surface area contributed by atoms with E-state index in [2.05, 4.69) is 15.8 Å². The highest BCUT2D eigenvalue weighted by Crippen LogP contribution is 2.31. The van der Waals surface area contributed by atoms with Crippen molar-refractivity contribution in [3.05, 3.63) is 75.8 Å². The molecule has 3 aromatic rings. The lowest BCUT2D eigenvalue weighted by Crippen LogP contribution is -2.42. The number of nitrogens with zero attached hydrogens (tertiary/aromatic N) is 1. The fourth-order valence-corrected chi connectivity index (χ4v) is 3.42. The van der Waals surface area contributed by atoms with Crippen molar-refractivity contribution in [3.8, 4) is 10.6 Å². The van der Waals surface area contributed by atoms with Crippen molar-refractivity contribution >= 4 is 34.8 Å². The molecule has 0 unspecified atom stereocenters. The second kappa shape index (κ2) is 8.62. The first-order valence-electron chi connectivity index (χ1n) is 8.20. The highest BCUT2D eigenvalue weighted by molar-refractivity contribution is 7.13. The molecule has 1 heterocycles. The van der Waals surface area contributed by atoms with Gasteiger partial charge in [0.25, 0.3) is 5.91 Å². The highest BCUT2D eigenvalue weighted by Gasteiger charge is 2.30. The molecule has 2 amide bonds. The Labute approximate surface area is 172 Å². The lowest BCUT2D eigenvalue weighted by atomic mass is 10.1. The Balaban J connectivity index is 1.58. The SMILES string of the molecule is O=C(Cc1csc(-c2ccc(C(F)(F)F)cc2)n1)NNC(=O)c1ccccc1Cl. The van der Waals surface area contributed by atoms with Gasteiger partial charge in [-0.3, -0.25) is 20.4 Å². The van der Waals surface area contributed by atoms with Crippen LogP contribution in [0.2, 0.25) is 5.02 Å². The molecule has 3 rings (SSSR count). The molecule has 0 atom stereocenters. The van der Waals surface area contributed by atoms with E-state index in [0.29, 0.717) is 16.3 Å². The molecule has 0 bridgehead atoms. The Bertz CT molecular complexity index is 1040. The quantitative estimate of drug-likeness (QED) is 0.588. The Morgan fingerprint density at radius 3 is 2.38 bits per heavy atom. The van der Waals surface area contributed by atoms with Crippen LogP contribution in [-0.2, 0) is 17.4 Å². The van der Waals surface area contributed by atoms with Gasteiger partial charge in [0.05, 0.1) is 28.3 Å². The van der Waals surface area contributed by atoms with Gasteiger partial charge in [-0.25, -0.2) is 4.98 Å². The topological polar surface area (TPSA) is 71.1 Å². The third-order valence-electron chi connectivity index (χ3n) is 3.79. The Hall–Kier alpha value is -2.91. The third-order valence-corrected chi connectivity index (χ3v) is 5.06. The number of thiazole rings is 1. The number of carbonyl (C=O) groups is 2. The molecule has 0 aliphatic heterocycles. The van der Waals surface area contributed by atoms with Crippen LogP contribution in [0, 0.1) is 0 Å². The molecule has 0 radical (unpaired) electrons. The molecule has 2 N–H and O–H groups in total. The maximum absolute atomic E-state index is 12.6. The van der Waals surface area contributed by atoms with Gasteiger partial charge in [-0.1, -0.05) is 35.9 Å². The van der Waals surface area contributed by atoms with Crippen LogP contribution in [0.15, 0.2) is 53.9 Å². The summed E-state index contributed by atoms with van der Waals surface area (Å²) in [5.41, 5.74) is 4.95. The molecule has 0 saturated heterocycles. The fourth-order valence-electron chi connectivity index (χ4n) is 2.37. The first-order valence-corrected chi connectivity index (χ1v) is 9.45. The van der Waals surface area contributed by atoms with Crippen LogP contribution < -0.4 is 10.9 Å². The van der Waals surface area contributed by atoms with E-state index < -0.39 is 23.6 Å². The third kappa shape index (κ3) is 5.33. The number of nitrogens with one attached hydrogen (secondary N) is 2. The van der Waals surface area contributed by atoms with Crippen molar-refractivity contribution in [2.45, 2.75) is 12.6 Å². The van der Waals surface area contributed by atoms with Crippen LogP contribution in [0.25, 0.3) is 10.6 Å². The van der Waals surface area contributed by atoms with Crippen LogP contribution in [0.1, 0.15) is 21.6 Å². The zero-order chi connectivity index (χ0) is 21.0. The first-order chi connectivity index (χ1) is 13.7. The minimum Gasteiger partial charge on any atom is -0.273 e. The summed E-state index contributed by atoms with van der Waals surface area (Å²) < 4.78 is 37.9. The predicted octanol–water partition coefficient (Wildman–Crippen LogP) is 4.49. The summed E-state index contributed by atoms with van der Waals surface area (Å²) in [4.78, 5) is 28.3. The highest BCUT2D eigenvalue weighted by atomic mass is 35.5. The average molecular weight is 440 g/mol. The van der Waals surface area contributed by atoms with Crippen molar-refractivity contribution in [1.29, 1.82) is 0 Å². The van der Waals surface area contributed by atoms with E-state index in [4.69, 9.17) is 11.6 Å². The zero-order valence-electron chi connectivity index (χ0n) is 14.6. The number of hydrogen-bond donors (Lipinski definition) is 2. The number of hydrazine groups is 1. The van der Waals surface area contributed by atoms with Crippen molar-refractivity contribution < 1.29 is 22.8 Å². The van der Waals surface area contributed by atoms with E-state index in [1.807, 2.05) is 0 Å². The molecular weight excluding hydrogens is 427 g/mol. The van der Waals surface area contributed by atoms with Gasteiger partial charge in [0.2, 0.25) is 5.91 Å². The summed E-state index contributed by atoms with van der Waals surface area (Å²) in [6.45, 7) is 0. The summed E-state index contributed by atoms with van der Waals surface area (Å²) in [6, 6.07) is 11.0. The smallest absolute Gasteiger partial charge is 0.273 e. The fraction of sp³-hybridized carbons (Fsp3) is 0.105. The summed E-state index contributed by atoms with van der Waals surface area (Å²) >= 11 is 7.12. The second-order valence-corrected chi connectivity index (χ2v) is 7.14. The number of benzene rings is 2. The number of halogens is 4. The van der Waals surface area contributed by atoms with Gasteiger partial charge in [-0.2, -0.15) is 13.2 Å². The van der Waals surface area contributed by atoms with Crippen molar-refractivity contribution in [2.75, 3.05) is 0 Å². The molecule has 1 aromatic heterocycles. The Kier molecular flexibility index (Phi) is 6.19. The molecular formula is C19H13ClF3N3O2S. The minimum atomic E-state index is -4.40. The van der Waals surface area contributed by atoms with Gasteiger partial charge in [-0.05, 0) is 24.3 Å². The van der Waals surface area contributed by atoms with E-state index in [9.17, 15) is 22.8 Å². The van der Waals surface area contributed by atoms with E-state index in [1.165, 1.54) is 29.5 Å². The van der Waals surface area contributed by atoms with E-state index >= 15 is 0 Å². The number of rotatable bonds is 4. The molecule has 150 valence electrons. The molecule has 0 spiro atoms. The molecule has 29 heavy (non-hydrogen) atoms. The van der Waals surface area contributed by atoms with Crippen LogP contribution in [0.4, 0.5) is 13.2 Å².